The van der Waals surface area contributed by atoms with Crippen LogP contribution < -0.4 is 21.1 Å². The number of carbonyl (C=O) groups is 1. The Balaban J connectivity index is 1.19. The van der Waals surface area contributed by atoms with Crippen LogP contribution in [0, 0.1) is 12.3 Å². The number of pyridine rings is 1. The fourth-order valence-electron chi connectivity index (χ4n) is 6.14. The lowest BCUT2D eigenvalue weighted by atomic mass is 9.85. The van der Waals surface area contributed by atoms with Crippen molar-refractivity contribution in [3.63, 3.8) is 0 Å². The van der Waals surface area contributed by atoms with Crippen molar-refractivity contribution in [3.8, 4) is 5.75 Å². The summed E-state index contributed by atoms with van der Waals surface area (Å²) in [5, 5.41) is 15.0. The van der Waals surface area contributed by atoms with E-state index in [0.29, 0.717) is 18.0 Å². The molecule has 4 aromatic rings. The summed E-state index contributed by atoms with van der Waals surface area (Å²) >= 11 is 0. The monoisotopic (exact) mass is 620 g/mol. The maximum Gasteiger partial charge on any atom is 0.320 e. The molecule has 1 fully saturated rings. The van der Waals surface area contributed by atoms with E-state index in [1.807, 2.05) is 82.4 Å². The van der Waals surface area contributed by atoms with Gasteiger partial charge in [-0.25, -0.2) is 9.79 Å². The van der Waals surface area contributed by atoms with Crippen LogP contribution in [-0.2, 0) is 0 Å². The van der Waals surface area contributed by atoms with Crippen molar-refractivity contribution in [2.24, 2.45) is 16.1 Å². The van der Waals surface area contributed by atoms with Gasteiger partial charge in [0.1, 0.15) is 17.7 Å². The minimum absolute atomic E-state index is 0.156. The molecule has 4 N–H and O–H groups in total. The lowest BCUT2D eigenvalue weighted by Gasteiger charge is -2.32. The number of nitrogens with two attached hydrogens (primary N) is 1. The second-order valence-electron chi connectivity index (χ2n) is 13.4. The van der Waals surface area contributed by atoms with Crippen molar-refractivity contribution < 1.29 is 9.53 Å². The molecule has 3 heterocycles. The van der Waals surface area contributed by atoms with Crippen LogP contribution in [0.5, 0.6) is 5.75 Å². The molecule has 0 bridgehead atoms. The van der Waals surface area contributed by atoms with Crippen molar-refractivity contribution >= 4 is 23.2 Å². The number of fused-ring (bicyclic) bond motifs is 2. The molecule has 240 valence electrons. The number of likely N-dealkylation sites (tertiary alicyclic amines) is 1. The van der Waals surface area contributed by atoms with Gasteiger partial charge in [-0.15, -0.1) is 10.2 Å². The number of amides is 2. The fourth-order valence-corrected chi connectivity index (χ4v) is 6.14. The molecule has 1 saturated heterocycles. The van der Waals surface area contributed by atoms with Crippen molar-refractivity contribution in [1.82, 2.24) is 30.1 Å². The van der Waals surface area contributed by atoms with Crippen molar-refractivity contribution in [3.05, 3.63) is 101 Å². The van der Waals surface area contributed by atoms with Gasteiger partial charge in [0, 0.05) is 17.2 Å². The predicted molar refractivity (Wildman–Crippen MR) is 181 cm³/mol. The largest absolute Gasteiger partial charge is 0.484 e. The van der Waals surface area contributed by atoms with E-state index in [9.17, 15) is 4.79 Å². The van der Waals surface area contributed by atoms with Crippen LogP contribution in [0.4, 0.5) is 10.5 Å². The summed E-state index contributed by atoms with van der Waals surface area (Å²) in [6.45, 7) is 9.16. The summed E-state index contributed by atoms with van der Waals surface area (Å²) < 4.78 is 8.67. The van der Waals surface area contributed by atoms with Gasteiger partial charge in [0.15, 0.2) is 11.5 Å². The second-order valence-corrected chi connectivity index (χ2v) is 13.4. The molecule has 0 unspecified atom stereocenters. The molecule has 2 aliphatic rings. The molecule has 0 saturated carbocycles. The number of hydrogen-bond acceptors (Lipinski definition) is 7. The third-order valence-corrected chi connectivity index (χ3v) is 8.92. The van der Waals surface area contributed by atoms with Gasteiger partial charge in [-0.05, 0) is 81.6 Å². The van der Waals surface area contributed by atoms with Gasteiger partial charge in [0.05, 0.1) is 24.0 Å². The topological polar surface area (TPSA) is 122 Å². The summed E-state index contributed by atoms with van der Waals surface area (Å²) in [5.41, 5.74) is 11.5. The van der Waals surface area contributed by atoms with Crippen molar-refractivity contribution in [1.29, 1.82) is 0 Å². The number of allylic oxidation sites excluding steroid dienone is 1. The highest BCUT2D eigenvalue weighted by Crippen LogP contribution is 2.39. The van der Waals surface area contributed by atoms with E-state index in [0.717, 1.165) is 65.4 Å². The summed E-state index contributed by atoms with van der Waals surface area (Å²) in [6, 6.07) is 19.6. The average molecular weight is 621 g/mol. The van der Waals surface area contributed by atoms with Gasteiger partial charge in [-0.3, -0.25) is 14.6 Å². The molecule has 10 heteroatoms. The Morgan fingerprint density at radius 2 is 1.78 bits per heavy atom. The van der Waals surface area contributed by atoms with Gasteiger partial charge in [-0.2, -0.15) is 0 Å². The number of rotatable bonds is 6. The quantitative estimate of drug-likeness (QED) is 0.163. The first-order valence-corrected chi connectivity index (χ1v) is 16.1. The maximum atomic E-state index is 13.4. The van der Waals surface area contributed by atoms with Gasteiger partial charge in [0.25, 0.3) is 0 Å². The van der Waals surface area contributed by atoms with Crippen LogP contribution in [-0.4, -0.2) is 45.0 Å². The lowest BCUT2D eigenvalue weighted by molar-refractivity contribution is 0.171. The highest BCUT2D eigenvalue weighted by atomic mass is 16.5. The van der Waals surface area contributed by atoms with Crippen LogP contribution in [0.2, 0.25) is 0 Å². The molecule has 0 spiro atoms. The molecule has 6 rings (SSSR count). The minimum atomic E-state index is -0.342. The van der Waals surface area contributed by atoms with E-state index < -0.39 is 0 Å². The number of carbonyl (C=O) groups excluding carboxylic acids is 1. The van der Waals surface area contributed by atoms with Gasteiger partial charge in [-0.1, -0.05) is 62.7 Å². The Kier molecular flexibility index (Phi) is 8.82. The number of nitrogens with zero attached hydrogens (tertiary/aromatic N) is 5. The zero-order valence-electron chi connectivity index (χ0n) is 27.3. The summed E-state index contributed by atoms with van der Waals surface area (Å²) in [4.78, 5) is 20.4. The Morgan fingerprint density at radius 3 is 2.50 bits per heavy atom. The number of benzene rings is 2. The molecule has 0 radical (unpaired) electrons. The normalized spacial score (nSPS) is 20.8. The summed E-state index contributed by atoms with van der Waals surface area (Å²) in [5.74, 6) is 2.09. The first-order chi connectivity index (χ1) is 22.0. The van der Waals surface area contributed by atoms with E-state index in [4.69, 9.17) is 15.5 Å². The third-order valence-electron chi connectivity index (χ3n) is 8.92. The van der Waals surface area contributed by atoms with Crippen LogP contribution in [0.15, 0.2) is 83.6 Å². The van der Waals surface area contributed by atoms with E-state index in [-0.39, 0.29) is 29.6 Å². The lowest BCUT2D eigenvalue weighted by Crippen LogP contribution is -2.42. The highest BCUT2D eigenvalue weighted by molar-refractivity contribution is 6.05. The van der Waals surface area contributed by atoms with Crippen LogP contribution in [0.1, 0.15) is 87.2 Å². The highest BCUT2D eigenvalue weighted by Gasteiger charge is 2.31. The number of aliphatic imine (C=N–C) groups is 1. The van der Waals surface area contributed by atoms with Crippen LogP contribution in [0.3, 0.4) is 0 Å². The van der Waals surface area contributed by atoms with E-state index in [1.165, 1.54) is 0 Å². The fraction of sp³-hybridized carbons (Fsp3) is 0.389. The van der Waals surface area contributed by atoms with Crippen LogP contribution in [0.25, 0.3) is 5.65 Å². The number of urea groups is 1. The second kappa shape index (κ2) is 13.0. The first kappa shape index (κ1) is 31.3. The number of nitrogens with one attached hydrogen (secondary N) is 2. The number of aryl methyl sites for hydroxylation is 1. The Bertz CT molecular complexity index is 1770. The Morgan fingerprint density at radius 1 is 1.02 bits per heavy atom. The number of amidine groups is 1. The van der Waals surface area contributed by atoms with Gasteiger partial charge < -0.3 is 15.8 Å². The summed E-state index contributed by atoms with van der Waals surface area (Å²) in [6.07, 6.45) is 7.26. The molecular weight excluding hydrogens is 576 g/mol. The number of hydrogen-bond donors (Lipinski definition) is 3. The predicted octanol–water partition coefficient (Wildman–Crippen LogP) is 6.68. The SMILES string of the molecule is Cc1ccc(N=C(C=C(N)C(C)(C)C)NC(=O)N[C@H]2CC[C@@H](Oc3ccc4nnc([C@H]5CCCN5C)n4c3)c3ccccc32)cc1. The van der Waals surface area contributed by atoms with Crippen molar-refractivity contribution in [2.75, 3.05) is 13.6 Å². The molecule has 2 aromatic carbocycles. The zero-order chi connectivity index (χ0) is 32.4. The zero-order valence-corrected chi connectivity index (χ0v) is 27.3. The molecular formula is C36H44N8O2. The molecule has 2 aromatic heterocycles. The number of aromatic nitrogens is 3. The molecule has 3 atom stereocenters. The van der Waals surface area contributed by atoms with Gasteiger partial charge >= 0.3 is 6.03 Å². The van der Waals surface area contributed by atoms with E-state index >= 15 is 0 Å². The molecule has 10 nitrogen and oxygen atoms in total. The molecule has 1 aliphatic carbocycles. The van der Waals surface area contributed by atoms with E-state index in [2.05, 4.69) is 49.3 Å². The molecule has 46 heavy (non-hydrogen) atoms. The third kappa shape index (κ3) is 6.92. The molecule has 1 aliphatic heterocycles. The minimum Gasteiger partial charge on any atom is -0.484 e. The molecule has 2 amide bonds. The van der Waals surface area contributed by atoms with Crippen molar-refractivity contribution in [2.45, 2.75) is 71.6 Å². The standard InChI is InChI=1S/C36H44N8O2/c1-23-12-14-24(15-13-23)38-32(21-31(37)36(2,3)4)40-35(45)39-28-17-18-30(27-10-7-6-9-26(27)28)46-25-16-19-33-41-42-34(44(33)22-25)29-11-8-20-43(29)5/h6-7,9-10,12-16,19,21-22,28-30H,8,11,17-18,20,37H2,1-5H3,(H2,38,39,40,45)/t28-,29+,30+/m0/s1. The maximum absolute atomic E-state index is 13.4. The summed E-state index contributed by atoms with van der Waals surface area (Å²) in [7, 11) is 2.14. The number of ether oxygens (including phenoxy) is 1. The van der Waals surface area contributed by atoms with Crippen LogP contribution >= 0.6 is 0 Å². The Labute approximate surface area is 270 Å². The first-order valence-electron chi connectivity index (χ1n) is 16.1. The average Bonchev–Trinajstić information content (AvgIpc) is 3.64. The van der Waals surface area contributed by atoms with E-state index in [1.54, 1.807) is 6.08 Å². The van der Waals surface area contributed by atoms with Gasteiger partial charge in [0.2, 0.25) is 0 Å². The Hall–Kier alpha value is -4.70. The smallest absolute Gasteiger partial charge is 0.320 e.